The van der Waals surface area contributed by atoms with Gasteiger partial charge in [-0.25, -0.2) is 14.8 Å². The normalized spacial score (nSPS) is 22.7. The van der Waals surface area contributed by atoms with Gasteiger partial charge in [0, 0.05) is 40.7 Å². The number of aromatic nitrogens is 6. The molecule has 6 rings (SSSR count). The minimum absolute atomic E-state index is 0.0397. The van der Waals surface area contributed by atoms with Crippen LogP contribution in [0.2, 0.25) is 0 Å². The first kappa shape index (κ1) is 27.4. The molecular weight excluding hydrogens is 530 g/mol. The Morgan fingerprint density at radius 1 is 1.12 bits per heavy atom. The van der Waals surface area contributed by atoms with Gasteiger partial charge in [-0.05, 0) is 31.9 Å². The molecule has 2 saturated heterocycles. The highest BCUT2D eigenvalue weighted by Gasteiger charge is 2.50. The van der Waals surface area contributed by atoms with Crippen molar-refractivity contribution in [2.75, 3.05) is 26.3 Å². The molecule has 0 unspecified atom stereocenters. The summed E-state index contributed by atoms with van der Waals surface area (Å²) in [6, 6.07) is 7.27. The number of para-hydroxylation sites is 2. The number of carbonyl (C=O) groups excluding carboxylic acids is 1. The maximum Gasteiger partial charge on any atom is 0.332 e. The van der Waals surface area contributed by atoms with Crippen molar-refractivity contribution in [2.24, 2.45) is 21.1 Å². The molecule has 1 spiro atoms. The van der Waals surface area contributed by atoms with Crippen molar-refractivity contribution in [1.29, 1.82) is 0 Å². The number of aliphatic hydroxyl groups is 1. The molecule has 0 bridgehead atoms. The number of nitrogens with zero attached hydrogens (tertiary/aromatic N) is 7. The van der Waals surface area contributed by atoms with Crippen molar-refractivity contribution in [3.8, 4) is 0 Å². The zero-order chi connectivity index (χ0) is 29.1. The summed E-state index contributed by atoms with van der Waals surface area (Å²) in [6.45, 7) is 3.09. The standard InChI is InChI=1S/C28H35N7O6/c1-27(39)16-28(41-13-20(27)35-17-29-24-23(35)25(37)33(4)26(38)32(24)3)9-11-34(12-10-28)22(36)15-40-14-21-30-18-7-5-6-8-19(18)31(21)2/h5-8,17,20,39H,9-16H2,1-4H3/t20-,27-/m1/s1. The molecule has 13 heteroatoms. The third kappa shape index (κ3) is 4.57. The van der Waals surface area contributed by atoms with Crippen LogP contribution in [0.4, 0.5) is 0 Å². The van der Waals surface area contributed by atoms with E-state index in [2.05, 4.69) is 9.97 Å². The summed E-state index contributed by atoms with van der Waals surface area (Å²) in [5.74, 6) is 0.667. The minimum Gasteiger partial charge on any atom is -0.388 e. The molecule has 1 amide bonds. The van der Waals surface area contributed by atoms with Gasteiger partial charge in [0.15, 0.2) is 11.2 Å². The van der Waals surface area contributed by atoms with E-state index in [1.807, 2.05) is 35.9 Å². The van der Waals surface area contributed by atoms with E-state index < -0.39 is 28.5 Å². The smallest absolute Gasteiger partial charge is 0.332 e. The van der Waals surface area contributed by atoms with Crippen LogP contribution in [0.1, 0.15) is 38.1 Å². The van der Waals surface area contributed by atoms with Crippen LogP contribution >= 0.6 is 0 Å². The lowest BCUT2D eigenvalue weighted by molar-refractivity contribution is -0.197. The molecule has 4 aromatic rings. The van der Waals surface area contributed by atoms with Crippen molar-refractivity contribution in [1.82, 2.24) is 33.1 Å². The van der Waals surface area contributed by atoms with Crippen molar-refractivity contribution < 1.29 is 19.4 Å². The number of hydrogen-bond donors (Lipinski definition) is 1. The summed E-state index contributed by atoms with van der Waals surface area (Å²) >= 11 is 0. The molecule has 2 aliphatic rings. The van der Waals surface area contributed by atoms with Gasteiger partial charge in [-0.3, -0.25) is 18.7 Å². The average Bonchev–Trinajstić information content (AvgIpc) is 3.52. The minimum atomic E-state index is -1.22. The first-order valence-electron chi connectivity index (χ1n) is 13.8. The molecule has 2 aliphatic heterocycles. The van der Waals surface area contributed by atoms with Gasteiger partial charge >= 0.3 is 5.69 Å². The van der Waals surface area contributed by atoms with Gasteiger partial charge in [0.2, 0.25) is 5.91 Å². The van der Waals surface area contributed by atoms with Gasteiger partial charge < -0.3 is 28.6 Å². The van der Waals surface area contributed by atoms with E-state index in [1.165, 1.54) is 17.9 Å². The van der Waals surface area contributed by atoms with Crippen molar-refractivity contribution >= 4 is 28.1 Å². The molecule has 41 heavy (non-hydrogen) atoms. The van der Waals surface area contributed by atoms with E-state index >= 15 is 0 Å². The zero-order valence-corrected chi connectivity index (χ0v) is 23.7. The van der Waals surface area contributed by atoms with E-state index in [9.17, 15) is 19.5 Å². The van der Waals surface area contributed by atoms with Crippen molar-refractivity contribution in [2.45, 2.75) is 50.0 Å². The molecule has 13 nitrogen and oxygen atoms in total. The molecule has 5 heterocycles. The maximum absolute atomic E-state index is 13.0. The molecule has 1 N–H and O–H groups in total. The molecule has 0 saturated carbocycles. The second kappa shape index (κ2) is 9.93. The van der Waals surface area contributed by atoms with E-state index in [1.54, 1.807) is 23.4 Å². The number of ether oxygens (including phenoxy) is 2. The van der Waals surface area contributed by atoms with Gasteiger partial charge in [0.1, 0.15) is 19.0 Å². The summed E-state index contributed by atoms with van der Waals surface area (Å²) in [5, 5.41) is 11.6. The lowest BCUT2D eigenvalue weighted by Gasteiger charge is -2.51. The van der Waals surface area contributed by atoms with Gasteiger partial charge in [0.25, 0.3) is 5.56 Å². The average molecular weight is 566 g/mol. The number of likely N-dealkylation sites (tertiary alicyclic amines) is 1. The van der Waals surface area contributed by atoms with Gasteiger partial charge in [-0.1, -0.05) is 12.1 Å². The number of amides is 1. The highest BCUT2D eigenvalue weighted by Crippen LogP contribution is 2.44. The van der Waals surface area contributed by atoms with Crippen LogP contribution in [0, 0.1) is 0 Å². The predicted molar refractivity (Wildman–Crippen MR) is 149 cm³/mol. The molecule has 2 fully saturated rings. The van der Waals surface area contributed by atoms with E-state index in [-0.39, 0.29) is 36.9 Å². The van der Waals surface area contributed by atoms with Crippen LogP contribution in [-0.4, -0.2) is 81.7 Å². The SMILES string of the molecule is Cn1c(=O)c2c(ncn2[C@@H]2COC3(CCN(C(=O)COCc4nc5ccccc5n4C)CC3)C[C@@]2(C)O)n(C)c1=O. The summed E-state index contributed by atoms with van der Waals surface area (Å²) in [4.78, 5) is 48.8. The van der Waals surface area contributed by atoms with E-state index in [4.69, 9.17) is 9.47 Å². The number of hydrogen-bond acceptors (Lipinski definition) is 8. The Hall–Kier alpha value is -3.81. The van der Waals surface area contributed by atoms with Crippen LogP contribution in [0.25, 0.3) is 22.2 Å². The van der Waals surface area contributed by atoms with Crippen molar-refractivity contribution in [3.63, 3.8) is 0 Å². The number of rotatable bonds is 5. The Bertz CT molecular complexity index is 1760. The molecule has 3 aromatic heterocycles. The largest absolute Gasteiger partial charge is 0.388 e. The molecule has 0 aliphatic carbocycles. The number of imidazole rings is 2. The summed E-state index contributed by atoms with van der Waals surface area (Å²) in [5.41, 5.74) is -0.319. The Kier molecular flexibility index (Phi) is 6.63. The topological polar surface area (TPSA) is 139 Å². The Balaban J connectivity index is 1.08. The number of carbonyl (C=O) groups is 1. The van der Waals surface area contributed by atoms with Crippen LogP contribution in [0.5, 0.6) is 0 Å². The lowest BCUT2D eigenvalue weighted by Crippen LogP contribution is -2.58. The first-order chi connectivity index (χ1) is 19.5. The quantitative estimate of drug-likeness (QED) is 0.372. The third-order valence-electron chi connectivity index (χ3n) is 8.82. The van der Waals surface area contributed by atoms with Crippen LogP contribution in [0.15, 0.2) is 40.2 Å². The zero-order valence-electron chi connectivity index (χ0n) is 23.7. The lowest BCUT2D eigenvalue weighted by atomic mass is 9.75. The number of piperidine rings is 1. The number of aryl methyl sites for hydroxylation is 2. The van der Waals surface area contributed by atoms with Gasteiger partial charge in [0.05, 0.1) is 41.2 Å². The van der Waals surface area contributed by atoms with Crippen LogP contribution in [-0.2, 0) is 42.0 Å². The van der Waals surface area contributed by atoms with Crippen LogP contribution in [0.3, 0.4) is 0 Å². The van der Waals surface area contributed by atoms with E-state index in [0.29, 0.717) is 32.4 Å². The van der Waals surface area contributed by atoms with Gasteiger partial charge in [-0.2, -0.15) is 0 Å². The third-order valence-corrected chi connectivity index (χ3v) is 8.82. The Morgan fingerprint density at radius 3 is 2.56 bits per heavy atom. The Morgan fingerprint density at radius 2 is 1.85 bits per heavy atom. The van der Waals surface area contributed by atoms with Crippen molar-refractivity contribution in [3.05, 3.63) is 57.3 Å². The number of benzene rings is 1. The summed E-state index contributed by atoms with van der Waals surface area (Å²) < 4.78 is 18.1. The maximum atomic E-state index is 13.0. The molecular formula is C28H35N7O6. The second-order valence-electron chi connectivity index (χ2n) is 11.5. The fourth-order valence-corrected chi connectivity index (χ4v) is 6.37. The predicted octanol–water partition coefficient (Wildman–Crippen LogP) is 0.611. The molecule has 2 atom stereocenters. The fraction of sp³-hybridized carbons (Fsp3) is 0.536. The highest BCUT2D eigenvalue weighted by atomic mass is 16.5. The monoisotopic (exact) mass is 565 g/mol. The van der Waals surface area contributed by atoms with E-state index in [0.717, 1.165) is 21.4 Å². The van der Waals surface area contributed by atoms with Crippen LogP contribution < -0.4 is 11.2 Å². The molecule has 0 radical (unpaired) electrons. The fourth-order valence-electron chi connectivity index (χ4n) is 6.37. The summed E-state index contributed by atoms with van der Waals surface area (Å²) in [7, 11) is 4.92. The first-order valence-corrected chi connectivity index (χ1v) is 13.8. The number of fused-ring (bicyclic) bond motifs is 2. The summed E-state index contributed by atoms with van der Waals surface area (Å²) in [6.07, 6.45) is 2.98. The van der Waals surface area contributed by atoms with Gasteiger partial charge in [-0.15, -0.1) is 0 Å². The molecule has 1 aromatic carbocycles. The second-order valence-corrected chi connectivity index (χ2v) is 11.5. The molecule has 218 valence electrons. The highest BCUT2D eigenvalue weighted by molar-refractivity contribution is 5.78. The Labute approximate surface area is 235 Å².